The molecule has 4 nitrogen and oxygen atoms in total. The van der Waals surface area contributed by atoms with Crippen LogP contribution < -0.4 is 10.6 Å². The fourth-order valence-electron chi connectivity index (χ4n) is 2.56. The van der Waals surface area contributed by atoms with Crippen molar-refractivity contribution in [2.75, 3.05) is 17.2 Å². The van der Waals surface area contributed by atoms with Gasteiger partial charge in [0.2, 0.25) is 0 Å². The molecule has 0 aliphatic heterocycles. The van der Waals surface area contributed by atoms with Gasteiger partial charge in [0.05, 0.1) is 0 Å². The first-order chi connectivity index (χ1) is 12.6. The van der Waals surface area contributed by atoms with Gasteiger partial charge in [-0.25, -0.2) is 18.7 Å². The van der Waals surface area contributed by atoms with Crippen LogP contribution in [-0.2, 0) is 13.0 Å². The summed E-state index contributed by atoms with van der Waals surface area (Å²) in [7, 11) is 0. The van der Waals surface area contributed by atoms with Crippen molar-refractivity contribution in [2.45, 2.75) is 19.9 Å². The number of hydrogen-bond acceptors (Lipinski definition) is 4. The number of aryl methyl sites for hydroxylation is 1. The molecule has 0 spiro atoms. The second-order valence-corrected chi connectivity index (χ2v) is 5.93. The van der Waals surface area contributed by atoms with Gasteiger partial charge in [0, 0.05) is 24.7 Å². The van der Waals surface area contributed by atoms with Gasteiger partial charge in [0.25, 0.3) is 0 Å². The van der Waals surface area contributed by atoms with E-state index in [-0.39, 0.29) is 11.6 Å². The smallest absolute Gasteiger partial charge is 0.132 e. The van der Waals surface area contributed by atoms with E-state index in [9.17, 15) is 8.78 Å². The predicted octanol–water partition coefficient (Wildman–Crippen LogP) is 4.33. The quantitative estimate of drug-likeness (QED) is 0.663. The molecule has 134 valence electrons. The van der Waals surface area contributed by atoms with Crippen molar-refractivity contribution in [3.05, 3.63) is 83.2 Å². The van der Waals surface area contributed by atoms with Crippen molar-refractivity contribution in [1.82, 2.24) is 9.97 Å². The van der Waals surface area contributed by atoms with Crippen LogP contribution in [0.3, 0.4) is 0 Å². The number of rotatable bonds is 7. The van der Waals surface area contributed by atoms with Crippen LogP contribution in [0.15, 0.2) is 54.6 Å². The molecule has 2 aromatic carbocycles. The molecule has 0 saturated carbocycles. The molecule has 26 heavy (non-hydrogen) atoms. The largest absolute Gasteiger partial charge is 0.370 e. The second-order valence-electron chi connectivity index (χ2n) is 5.93. The van der Waals surface area contributed by atoms with Gasteiger partial charge in [0.15, 0.2) is 0 Å². The second kappa shape index (κ2) is 8.38. The molecule has 1 aromatic heterocycles. The lowest BCUT2D eigenvalue weighted by Crippen LogP contribution is -2.10. The zero-order valence-electron chi connectivity index (χ0n) is 14.5. The van der Waals surface area contributed by atoms with E-state index in [2.05, 4.69) is 20.6 Å². The average Bonchev–Trinajstić information content (AvgIpc) is 2.62. The maximum atomic E-state index is 13.7. The molecule has 3 rings (SSSR count). The Bertz CT molecular complexity index is 866. The summed E-state index contributed by atoms with van der Waals surface area (Å²) in [6, 6.07) is 14.9. The highest BCUT2D eigenvalue weighted by molar-refractivity contribution is 5.48. The Labute approximate surface area is 151 Å². The zero-order chi connectivity index (χ0) is 18.4. The Morgan fingerprint density at radius 3 is 2.31 bits per heavy atom. The first-order valence-electron chi connectivity index (χ1n) is 8.41. The predicted molar refractivity (Wildman–Crippen MR) is 99.1 cm³/mol. The van der Waals surface area contributed by atoms with Crippen LogP contribution in [0.1, 0.15) is 17.0 Å². The molecule has 0 aliphatic rings. The third-order valence-corrected chi connectivity index (χ3v) is 3.89. The minimum Gasteiger partial charge on any atom is -0.370 e. The van der Waals surface area contributed by atoms with Crippen LogP contribution in [0.25, 0.3) is 0 Å². The maximum absolute atomic E-state index is 13.7. The van der Waals surface area contributed by atoms with Gasteiger partial charge in [-0.15, -0.1) is 0 Å². The Balaban J connectivity index is 1.58. The Morgan fingerprint density at radius 1 is 0.885 bits per heavy atom. The lowest BCUT2D eigenvalue weighted by Gasteiger charge is -2.11. The molecule has 3 aromatic rings. The third kappa shape index (κ3) is 4.99. The molecule has 0 bridgehead atoms. The fourth-order valence-corrected chi connectivity index (χ4v) is 2.56. The van der Waals surface area contributed by atoms with Crippen LogP contribution in [0.2, 0.25) is 0 Å². The van der Waals surface area contributed by atoms with E-state index >= 15 is 0 Å². The lowest BCUT2D eigenvalue weighted by molar-refractivity contribution is 0.613. The molecule has 0 amide bonds. The molecule has 0 atom stereocenters. The summed E-state index contributed by atoms with van der Waals surface area (Å²) in [6.45, 7) is 2.81. The number of halogens is 2. The van der Waals surface area contributed by atoms with Gasteiger partial charge in [-0.1, -0.05) is 30.3 Å². The Hall–Kier alpha value is -3.02. The Morgan fingerprint density at radius 2 is 1.58 bits per heavy atom. The molecule has 0 unspecified atom stereocenters. The molecule has 0 fully saturated rings. The van der Waals surface area contributed by atoms with Crippen molar-refractivity contribution in [1.29, 1.82) is 0 Å². The van der Waals surface area contributed by atoms with Gasteiger partial charge < -0.3 is 10.6 Å². The molecule has 1 heterocycles. The number of nitrogens with one attached hydrogen (secondary N) is 2. The number of anilines is 2. The van der Waals surface area contributed by atoms with Crippen LogP contribution in [0, 0.1) is 18.6 Å². The third-order valence-electron chi connectivity index (χ3n) is 3.89. The molecule has 2 N–H and O–H groups in total. The number of nitrogens with zero attached hydrogens (tertiary/aromatic N) is 2. The molecular weight excluding hydrogens is 334 g/mol. The summed E-state index contributed by atoms with van der Waals surface area (Å²) in [5, 5.41) is 6.36. The Kier molecular flexibility index (Phi) is 5.73. The van der Waals surface area contributed by atoms with Crippen molar-refractivity contribution in [2.24, 2.45) is 0 Å². The lowest BCUT2D eigenvalue weighted by atomic mass is 10.1. The van der Waals surface area contributed by atoms with E-state index < -0.39 is 0 Å². The van der Waals surface area contributed by atoms with Crippen molar-refractivity contribution in [3.63, 3.8) is 0 Å². The highest BCUT2D eigenvalue weighted by atomic mass is 19.1. The van der Waals surface area contributed by atoms with Crippen LogP contribution in [0.5, 0.6) is 0 Å². The van der Waals surface area contributed by atoms with E-state index in [0.29, 0.717) is 36.1 Å². The SMILES string of the molecule is Cc1nc(NCCc2ccc(F)cc2)cc(NCc2ccccc2F)n1. The summed E-state index contributed by atoms with van der Waals surface area (Å²) in [4.78, 5) is 8.68. The highest BCUT2D eigenvalue weighted by Gasteiger charge is 2.04. The number of aromatic nitrogens is 2. The van der Waals surface area contributed by atoms with E-state index in [1.54, 1.807) is 43.3 Å². The molecule has 0 aliphatic carbocycles. The van der Waals surface area contributed by atoms with Gasteiger partial charge >= 0.3 is 0 Å². The molecular formula is C20H20F2N4. The molecule has 0 saturated heterocycles. The van der Waals surface area contributed by atoms with Gasteiger partial charge in [-0.2, -0.15) is 0 Å². The van der Waals surface area contributed by atoms with E-state index in [1.807, 2.05) is 0 Å². The first-order valence-corrected chi connectivity index (χ1v) is 8.41. The average molecular weight is 354 g/mol. The monoisotopic (exact) mass is 354 g/mol. The number of hydrogen-bond donors (Lipinski definition) is 2. The molecule has 6 heteroatoms. The summed E-state index contributed by atoms with van der Waals surface area (Å²) in [5.41, 5.74) is 1.62. The highest BCUT2D eigenvalue weighted by Crippen LogP contribution is 2.14. The van der Waals surface area contributed by atoms with Crippen LogP contribution in [-0.4, -0.2) is 16.5 Å². The van der Waals surface area contributed by atoms with Gasteiger partial charge in [-0.3, -0.25) is 0 Å². The summed E-state index contributed by atoms with van der Waals surface area (Å²) >= 11 is 0. The first kappa shape index (κ1) is 17.8. The van der Waals surface area contributed by atoms with E-state index in [0.717, 1.165) is 12.0 Å². The van der Waals surface area contributed by atoms with E-state index in [4.69, 9.17) is 0 Å². The summed E-state index contributed by atoms with van der Waals surface area (Å²) in [6.07, 6.45) is 0.751. The number of benzene rings is 2. The van der Waals surface area contributed by atoms with Gasteiger partial charge in [0.1, 0.15) is 29.1 Å². The minimum atomic E-state index is -0.247. The van der Waals surface area contributed by atoms with E-state index in [1.165, 1.54) is 18.2 Å². The molecule has 0 radical (unpaired) electrons. The zero-order valence-corrected chi connectivity index (χ0v) is 14.5. The topological polar surface area (TPSA) is 49.8 Å². The summed E-state index contributed by atoms with van der Waals surface area (Å²) < 4.78 is 26.6. The normalized spacial score (nSPS) is 10.6. The standard InChI is InChI=1S/C20H20F2N4/c1-14-25-19(23-11-10-15-6-8-17(21)9-7-15)12-20(26-14)24-13-16-4-2-3-5-18(16)22/h2-9,12H,10-11,13H2,1H3,(H2,23,24,25,26). The van der Waals surface area contributed by atoms with Crippen LogP contribution >= 0.6 is 0 Å². The van der Waals surface area contributed by atoms with Crippen molar-refractivity contribution in [3.8, 4) is 0 Å². The summed E-state index contributed by atoms with van der Waals surface area (Å²) in [5.74, 6) is 1.45. The minimum absolute atomic E-state index is 0.237. The van der Waals surface area contributed by atoms with Crippen molar-refractivity contribution >= 4 is 11.6 Å². The maximum Gasteiger partial charge on any atom is 0.132 e. The van der Waals surface area contributed by atoms with Crippen molar-refractivity contribution < 1.29 is 8.78 Å². The van der Waals surface area contributed by atoms with Crippen LogP contribution in [0.4, 0.5) is 20.4 Å². The fraction of sp³-hybridized carbons (Fsp3) is 0.200. The van der Waals surface area contributed by atoms with Gasteiger partial charge in [-0.05, 0) is 37.1 Å².